The lowest BCUT2D eigenvalue weighted by Crippen LogP contribution is -2.41. The number of carbonyl (C=O) groups is 1. The maximum absolute atomic E-state index is 12.5. The van der Waals surface area contributed by atoms with Crippen LogP contribution in [0.5, 0.6) is 0 Å². The second kappa shape index (κ2) is 5.78. The van der Waals surface area contributed by atoms with Gasteiger partial charge in [-0.05, 0) is 25.2 Å². The van der Waals surface area contributed by atoms with E-state index in [0.29, 0.717) is 25.9 Å². The van der Waals surface area contributed by atoms with Gasteiger partial charge in [-0.25, -0.2) is 8.42 Å². The minimum Gasteiger partial charge on any atom is -0.342 e. The molecule has 0 bridgehead atoms. The third-order valence-corrected chi connectivity index (χ3v) is 6.24. The lowest BCUT2D eigenvalue weighted by atomic mass is 9.98. The molecular weight excluding hydrogens is 307 g/mol. The van der Waals surface area contributed by atoms with Gasteiger partial charge in [-0.1, -0.05) is 6.92 Å². The molecule has 0 aromatic carbocycles. The number of likely N-dealkylation sites (tertiary alicyclic amines) is 1. The summed E-state index contributed by atoms with van der Waals surface area (Å²) in [5, 5.41) is 0. The van der Waals surface area contributed by atoms with Gasteiger partial charge < -0.3 is 4.90 Å². The van der Waals surface area contributed by atoms with Crippen molar-refractivity contribution in [2.45, 2.75) is 32.4 Å². The number of piperidine rings is 1. The van der Waals surface area contributed by atoms with E-state index in [4.69, 9.17) is 0 Å². The van der Waals surface area contributed by atoms with Gasteiger partial charge >= 0.3 is 6.18 Å². The first kappa shape index (κ1) is 16.6. The molecule has 2 fully saturated rings. The van der Waals surface area contributed by atoms with Crippen molar-refractivity contribution in [1.29, 1.82) is 0 Å². The Morgan fingerprint density at radius 1 is 1.24 bits per heavy atom. The molecule has 4 nitrogen and oxygen atoms in total. The number of hydrogen-bond donors (Lipinski definition) is 0. The number of hydrogen-bond acceptors (Lipinski definition) is 3. The van der Waals surface area contributed by atoms with Gasteiger partial charge in [0.15, 0.2) is 0 Å². The highest BCUT2D eigenvalue weighted by Gasteiger charge is 2.59. The Balaban J connectivity index is 1.81. The van der Waals surface area contributed by atoms with Gasteiger partial charge in [0.05, 0.1) is 17.6 Å². The molecule has 1 aliphatic carbocycles. The average molecular weight is 327 g/mol. The third-order valence-electron chi connectivity index (χ3n) is 4.38. The highest BCUT2D eigenvalue weighted by molar-refractivity contribution is 7.91. The van der Waals surface area contributed by atoms with Crippen molar-refractivity contribution in [3.63, 3.8) is 0 Å². The van der Waals surface area contributed by atoms with E-state index in [9.17, 15) is 26.4 Å². The summed E-state index contributed by atoms with van der Waals surface area (Å²) in [5.74, 6) is -2.60. The van der Waals surface area contributed by atoms with E-state index in [1.54, 1.807) is 6.92 Å². The maximum Gasteiger partial charge on any atom is 0.392 e. The minimum absolute atomic E-state index is 0.0108. The maximum atomic E-state index is 12.5. The van der Waals surface area contributed by atoms with E-state index >= 15 is 0 Å². The van der Waals surface area contributed by atoms with Gasteiger partial charge in [0.25, 0.3) is 0 Å². The summed E-state index contributed by atoms with van der Waals surface area (Å²) >= 11 is 0. The molecule has 122 valence electrons. The fourth-order valence-electron chi connectivity index (χ4n) is 2.86. The van der Waals surface area contributed by atoms with Crippen LogP contribution in [-0.2, 0) is 14.6 Å². The Bertz CT molecular complexity index is 495. The van der Waals surface area contributed by atoms with Crippen LogP contribution in [0.2, 0.25) is 0 Å². The van der Waals surface area contributed by atoms with Crippen molar-refractivity contribution >= 4 is 15.7 Å². The van der Waals surface area contributed by atoms with Crippen molar-refractivity contribution < 1.29 is 26.4 Å². The monoisotopic (exact) mass is 327 g/mol. The normalized spacial score (nSPS) is 27.7. The van der Waals surface area contributed by atoms with Crippen molar-refractivity contribution in [3.8, 4) is 0 Å². The Morgan fingerprint density at radius 3 is 2.24 bits per heavy atom. The molecule has 1 heterocycles. The average Bonchev–Trinajstić information content (AvgIpc) is 3.18. The van der Waals surface area contributed by atoms with Crippen LogP contribution in [0, 0.1) is 17.8 Å². The Labute approximate surface area is 122 Å². The van der Waals surface area contributed by atoms with Crippen LogP contribution in [0.1, 0.15) is 26.2 Å². The molecule has 1 saturated heterocycles. The van der Waals surface area contributed by atoms with Gasteiger partial charge in [-0.2, -0.15) is 13.2 Å². The lowest BCUT2D eigenvalue weighted by molar-refractivity contribution is -0.158. The largest absolute Gasteiger partial charge is 0.392 e. The molecule has 0 radical (unpaired) electrons. The number of amides is 1. The fraction of sp³-hybridized carbons (Fsp3) is 0.923. The van der Waals surface area contributed by atoms with Gasteiger partial charge in [0.2, 0.25) is 5.91 Å². The summed E-state index contributed by atoms with van der Waals surface area (Å²) in [6, 6.07) is 0. The van der Waals surface area contributed by atoms with Crippen molar-refractivity contribution in [1.82, 2.24) is 4.90 Å². The van der Waals surface area contributed by atoms with Crippen LogP contribution in [0.25, 0.3) is 0 Å². The summed E-state index contributed by atoms with van der Waals surface area (Å²) in [7, 11) is -3.04. The van der Waals surface area contributed by atoms with Gasteiger partial charge in [-0.3, -0.25) is 4.79 Å². The molecule has 0 unspecified atom stereocenters. The standard InChI is InChI=1S/C13H20F3NO3S/c1-2-21(19,20)8-9-3-5-17(6-4-9)12(18)10-7-11(10)13(14,15)16/h9-11H,2-8H2,1H3/t10-,11-/m1/s1. The molecule has 8 heteroatoms. The van der Waals surface area contributed by atoms with E-state index in [1.165, 1.54) is 4.90 Å². The van der Waals surface area contributed by atoms with Crippen LogP contribution < -0.4 is 0 Å². The van der Waals surface area contributed by atoms with Crippen molar-refractivity contribution in [3.05, 3.63) is 0 Å². The van der Waals surface area contributed by atoms with Crippen LogP contribution in [0.4, 0.5) is 13.2 Å². The summed E-state index contributed by atoms with van der Waals surface area (Å²) in [4.78, 5) is 13.4. The van der Waals surface area contributed by atoms with Crippen molar-refractivity contribution in [2.75, 3.05) is 24.6 Å². The molecule has 2 atom stereocenters. The second-order valence-electron chi connectivity index (χ2n) is 5.96. The van der Waals surface area contributed by atoms with Crippen LogP contribution in [0.15, 0.2) is 0 Å². The highest BCUT2D eigenvalue weighted by Crippen LogP contribution is 2.51. The molecule has 1 saturated carbocycles. The minimum atomic E-state index is -4.28. The van der Waals surface area contributed by atoms with Gasteiger partial charge in [0.1, 0.15) is 9.84 Å². The molecule has 0 N–H and O–H groups in total. The number of alkyl halides is 3. The van der Waals surface area contributed by atoms with E-state index in [0.717, 1.165) is 0 Å². The first-order chi connectivity index (χ1) is 9.64. The van der Waals surface area contributed by atoms with Crippen LogP contribution >= 0.6 is 0 Å². The molecule has 21 heavy (non-hydrogen) atoms. The number of carbonyl (C=O) groups excluding carboxylic acids is 1. The zero-order valence-corrected chi connectivity index (χ0v) is 12.7. The summed E-state index contributed by atoms with van der Waals surface area (Å²) in [5.41, 5.74) is 0. The topological polar surface area (TPSA) is 54.5 Å². The molecule has 1 aliphatic heterocycles. The second-order valence-corrected chi connectivity index (χ2v) is 8.36. The van der Waals surface area contributed by atoms with Gasteiger partial charge in [0, 0.05) is 18.8 Å². The molecule has 2 aliphatic rings. The van der Waals surface area contributed by atoms with Gasteiger partial charge in [-0.15, -0.1) is 0 Å². The van der Waals surface area contributed by atoms with Crippen LogP contribution in [-0.4, -0.2) is 50.0 Å². The SMILES string of the molecule is CCS(=O)(=O)CC1CCN(C(=O)[C@@H]2C[C@H]2C(F)(F)F)CC1. The summed E-state index contributed by atoms with van der Waals surface area (Å²) in [6.07, 6.45) is -3.29. The number of sulfone groups is 1. The third kappa shape index (κ3) is 4.11. The van der Waals surface area contributed by atoms with E-state index in [1.807, 2.05) is 0 Å². The summed E-state index contributed by atoms with van der Waals surface area (Å²) < 4.78 is 60.5. The fourth-order valence-corrected chi connectivity index (χ4v) is 4.15. The molecule has 1 amide bonds. The smallest absolute Gasteiger partial charge is 0.342 e. The first-order valence-electron chi connectivity index (χ1n) is 7.20. The molecule has 0 spiro atoms. The Morgan fingerprint density at radius 2 is 1.81 bits per heavy atom. The van der Waals surface area contributed by atoms with E-state index in [-0.39, 0.29) is 23.8 Å². The molecule has 0 aromatic heterocycles. The number of nitrogens with zero attached hydrogens (tertiary/aromatic N) is 1. The highest BCUT2D eigenvalue weighted by atomic mass is 32.2. The number of halogens is 3. The molecular formula is C13H20F3NO3S. The quantitative estimate of drug-likeness (QED) is 0.792. The van der Waals surface area contributed by atoms with Crippen molar-refractivity contribution in [2.24, 2.45) is 17.8 Å². The Kier molecular flexibility index (Phi) is 4.56. The molecule has 0 aromatic rings. The lowest BCUT2D eigenvalue weighted by Gasteiger charge is -2.32. The van der Waals surface area contributed by atoms with E-state index in [2.05, 4.69) is 0 Å². The zero-order chi connectivity index (χ0) is 15.8. The Hall–Kier alpha value is -0.790. The number of rotatable bonds is 4. The summed E-state index contributed by atoms with van der Waals surface area (Å²) in [6.45, 7) is 2.33. The van der Waals surface area contributed by atoms with Crippen LogP contribution in [0.3, 0.4) is 0 Å². The predicted octanol–water partition coefficient (Wildman–Crippen LogP) is 1.86. The predicted molar refractivity (Wildman–Crippen MR) is 71.3 cm³/mol. The molecule has 2 rings (SSSR count). The zero-order valence-electron chi connectivity index (χ0n) is 11.9. The van der Waals surface area contributed by atoms with E-state index < -0.39 is 33.8 Å². The first-order valence-corrected chi connectivity index (χ1v) is 9.02.